The lowest BCUT2D eigenvalue weighted by Crippen LogP contribution is -2.17. The molecule has 0 aliphatic carbocycles. The van der Waals surface area contributed by atoms with Crippen LogP contribution in [0.4, 0.5) is 0 Å². The van der Waals surface area contributed by atoms with Crippen molar-refractivity contribution in [3.63, 3.8) is 0 Å². The van der Waals surface area contributed by atoms with Gasteiger partial charge < -0.3 is 10.1 Å². The summed E-state index contributed by atoms with van der Waals surface area (Å²) in [7, 11) is 0. The van der Waals surface area contributed by atoms with Crippen LogP contribution in [0, 0.1) is 12.3 Å². The number of hydrogen-bond donors (Lipinski definition) is 1. The van der Waals surface area contributed by atoms with Gasteiger partial charge in [-0.2, -0.15) is 0 Å². The monoisotopic (exact) mass is 231 g/mol. The van der Waals surface area contributed by atoms with Crippen molar-refractivity contribution in [1.82, 2.24) is 5.32 Å². The molecule has 1 rings (SSSR count). The molecule has 0 aliphatic rings. The van der Waals surface area contributed by atoms with Gasteiger partial charge in [-0.15, -0.1) is 12.3 Å². The Balaban J connectivity index is 2.42. The van der Waals surface area contributed by atoms with Crippen LogP contribution in [0.5, 0.6) is 5.75 Å². The molecule has 1 aromatic rings. The number of terminal acetylenes is 1. The largest absolute Gasteiger partial charge is 0.494 e. The lowest BCUT2D eigenvalue weighted by Gasteiger charge is -2.13. The van der Waals surface area contributed by atoms with E-state index in [1.54, 1.807) is 0 Å². The van der Waals surface area contributed by atoms with E-state index in [1.807, 2.05) is 12.1 Å². The molecule has 1 aromatic carbocycles. The van der Waals surface area contributed by atoms with Crippen molar-refractivity contribution in [2.45, 2.75) is 32.7 Å². The van der Waals surface area contributed by atoms with Crippen LogP contribution in [0.3, 0.4) is 0 Å². The first-order valence-electron chi connectivity index (χ1n) is 6.17. The zero-order valence-electron chi connectivity index (χ0n) is 10.7. The highest BCUT2D eigenvalue weighted by molar-refractivity contribution is 5.28. The van der Waals surface area contributed by atoms with Gasteiger partial charge >= 0.3 is 0 Å². The molecule has 0 spiro atoms. The predicted molar refractivity (Wildman–Crippen MR) is 72.1 cm³/mol. The van der Waals surface area contributed by atoms with Crippen LogP contribution in [0.2, 0.25) is 0 Å². The van der Waals surface area contributed by atoms with Crippen molar-refractivity contribution in [3.05, 3.63) is 29.8 Å². The van der Waals surface area contributed by atoms with Gasteiger partial charge in [-0.1, -0.05) is 19.1 Å². The fourth-order valence-electron chi connectivity index (χ4n) is 1.64. The maximum absolute atomic E-state index is 5.59. The molecular weight excluding hydrogens is 210 g/mol. The molecular formula is C15H21NO. The fourth-order valence-corrected chi connectivity index (χ4v) is 1.64. The summed E-state index contributed by atoms with van der Waals surface area (Å²) in [4.78, 5) is 0. The minimum absolute atomic E-state index is 0.385. The van der Waals surface area contributed by atoms with Crippen LogP contribution in [-0.2, 0) is 0 Å². The molecule has 2 heteroatoms. The van der Waals surface area contributed by atoms with Crippen molar-refractivity contribution < 1.29 is 4.74 Å². The van der Waals surface area contributed by atoms with Crippen LogP contribution in [0.15, 0.2) is 24.3 Å². The number of nitrogens with one attached hydrogen (secondary N) is 1. The van der Waals surface area contributed by atoms with E-state index in [9.17, 15) is 0 Å². The van der Waals surface area contributed by atoms with Crippen molar-refractivity contribution in [2.24, 2.45) is 0 Å². The molecule has 0 fully saturated rings. The molecule has 0 bridgehead atoms. The Labute approximate surface area is 104 Å². The molecule has 0 heterocycles. The molecule has 0 radical (unpaired) electrons. The van der Waals surface area contributed by atoms with E-state index < -0.39 is 0 Å². The van der Waals surface area contributed by atoms with Gasteiger partial charge in [0.05, 0.1) is 6.61 Å². The smallest absolute Gasteiger partial charge is 0.119 e. The van der Waals surface area contributed by atoms with Gasteiger partial charge in [0, 0.05) is 12.5 Å². The van der Waals surface area contributed by atoms with E-state index in [2.05, 4.69) is 37.2 Å². The molecule has 0 amide bonds. The first kappa shape index (κ1) is 13.6. The first-order valence-corrected chi connectivity index (χ1v) is 6.17. The Morgan fingerprint density at radius 1 is 1.35 bits per heavy atom. The second-order valence-corrected chi connectivity index (χ2v) is 4.00. The number of unbranched alkanes of at least 4 members (excludes halogenated alkanes) is 1. The third-order valence-corrected chi connectivity index (χ3v) is 2.62. The van der Waals surface area contributed by atoms with Gasteiger partial charge in [-0.25, -0.2) is 0 Å². The first-order chi connectivity index (χ1) is 8.27. The average Bonchev–Trinajstić information content (AvgIpc) is 2.36. The Morgan fingerprint density at radius 2 is 2.06 bits per heavy atom. The van der Waals surface area contributed by atoms with E-state index in [1.165, 1.54) is 5.56 Å². The summed E-state index contributed by atoms with van der Waals surface area (Å²) in [6, 6.07) is 8.61. The molecule has 0 saturated carbocycles. The Bertz CT molecular complexity index is 350. The van der Waals surface area contributed by atoms with Gasteiger partial charge in [0.1, 0.15) is 5.75 Å². The van der Waals surface area contributed by atoms with Crippen molar-refractivity contribution >= 4 is 0 Å². The van der Waals surface area contributed by atoms with Crippen LogP contribution in [-0.4, -0.2) is 13.2 Å². The van der Waals surface area contributed by atoms with Crippen molar-refractivity contribution in [2.75, 3.05) is 13.2 Å². The summed E-state index contributed by atoms with van der Waals surface area (Å²) in [5, 5.41) is 3.38. The zero-order valence-corrected chi connectivity index (χ0v) is 10.7. The Morgan fingerprint density at radius 3 is 2.65 bits per heavy atom. The molecule has 1 atom stereocenters. The van der Waals surface area contributed by atoms with Crippen LogP contribution in [0.1, 0.15) is 38.3 Å². The van der Waals surface area contributed by atoms with Crippen LogP contribution in [0.25, 0.3) is 0 Å². The van der Waals surface area contributed by atoms with Crippen LogP contribution < -0.4 is 10.1 Å². The highest BCUT2D eigenvalue weighted by atomic mass is 16.5. The molecule has 1 unspecified atom stereocenters. The number of benzene rings is 1. The lowest BCUT2D eigenvalue weighted by molar-refractivity contribution is 0.313. The third-order valence-electron chi connectivity index (χ3n) is 2.62. The normalized spacial score (nSPS) is 11.8. The minimum Gasteiger partial charge on any atom is -0.494 e. The standard InChI is InChI=1S/C15H21NO/c1-4-6-7-12-17-15-10-8-14(9-11-15)13(3)16-5-2/h1,8-11,13,16H,5-7,12H2,2-3H3. The van der Waals surface area contributed by atoms with E-state index in [4.69, 9.17) is 11.2 Å². The summed E-state index contributed by atoms with van der Waals surface area (Å²) in [6.07, 6.45) is 6.86. The molecule has 0 aromatic heterocycles. The summed E-state index contributed by atoms with van der Waals surface area (Å²) in [6.45, 7) is 5.93. The maximum Gasteiger partial charge on any atom is 0.119 e. The molecule has 0 aliphatic heterocycles. The van der Waals surface area contributed by atoms with Crippen molar-refractivity contribution in [1.29, 1.82) is 0 Å². The quantitative estimate of drug-likeness (QED) is 0.575. The Kier molecular flexibility index (Phi) is 6.21. The van der Waals surface area contributed by atoms with Gasteiger partial charge in [0.15, 0.2) is 0 Å². The molecule has 1 N–H and O–H groups in total. The molecule has 2 nitrogen and oxygen atoms in total. The molecule has 92 valence electrons. The van der Waals surface area contributed by atoms with E-state index in [-0.39, 0.29) is 0 Å². The van der Waals surface area contributed by atoms with Crippen molar-refractivity contribution in [3.8, 4) is 18.1 Å². The maximum atomic E-state index is 5.59. The highest BCUT2D eigenvalue weighted by Gasteiger charge is 2.03. The fraction of sp³-hybridized carbons (Fsp3) is 0.467. The second-order valence-electron chi connectivity index (χ2n) is 4.00. The minimum atomic E-state index is 0.385. The predicted octanol–water partition coefficient (Wildman–Crippen LogP) is 3.15. The number of rotatable bonds is 7. The van der Waals surface area contributed by atoms with Crippen LogP contribution >= 0.6 is 0 Å². The second kappa shape index (κ2) is 7.76. The highest BCUT2D eigenvalue weighted by Crippen LogP contribution is 2.17. The zero-order chi connectivity index (χ0) is 12.5. The number of hydrogen-bond acceptors (Lipinski definition) is 2. The topological polar surface area (TPSA) is 21.3 Å². The molecule has 17 heavy (non-hydrogen) atoms. The molecule has 0 saturated heterocycles. The lowest BCUT2D eigenvalue weighted by atomic mass is 10.1. The SMILES string of the molecule is C#CCCCOc1ccc(C(C)NCC)cc1. The van der Waals surface area contributed by atoms with E-state index >= 15 is 0 Å². The average molecular weight is 231 g/mol. The van der Waals surface area contributed by atoms with Gasteiger partial charge in [-0.3, -0.25) is 0 Å². The van der Waals surface area contributed by atoms with Gasteiger partial charge in [0.2, 0.25) is 0 Å². The Hall–Kier alpha value is -1.46. The summed E-state index contributed by atoms with van der Waals surface area (Å²) in [5.41, 5.74) is 1.28. The summed E-state index contributed by atoms with van der Waals surface area (Å²) >= 11 is 0. The van der Waals surface area contributed by atoms with E-state index in [0.717, 1.165) is 25.1 Å². The third kappa shape index (κ3) is 4.93. The van der Waals surface area contributed by atoms with Gasteiger partial charge in [-0.05, 0) is 37.6 Å². The van der Waals surface area contributed by atoms with Gasteiger partial charge in [0.25, 0.3) is 0 Å². The summed E-state index contributed by atoms with van der Waals surface area (Å²) < 4.78 is 5.59. The van der Waals surface area contributed by atoms with E-state index in [0.29, 0.717) is 12.6 Å². The summed E-state index contributed by atoms with van der Waals surface area (Å²) in [5.74, 6) is 3.52. The number of ether oxygens (including phenoxy) is 1.